The average Bonchev–Trinajstić information content (AvgIpc) is 0.966. The van der Waals surface area contributed by atoms with Crippen molar-refractivity contribution in [3.63, 3.8) is 0 Å². The van der Waals surface area contributed by atoms with Gasteiger partial charge >= 0.3 is 0 Å². The summed E-state index contributed by atoms with van der Waals surface area (Å²) in [5.74, 6) is 0. The average molecular weight is 1200 g/mol. The molecule has 0 unspecified atom stereocenters. The molecule has 0 spiro atoms. The third kappa shape index (κ3) is 7.41. The quantitative estimate of drug-likeness (QED) is 0.148. The summed E-state index contributed by atoms with van der Waals surface area (Å²) in [6, 6.07) is 68.1. The second-order valence-corrected chi connectivity index (χ2v) is 24.6. The first-order valence-electron chi connectivity index (χ1n) is 38.5. The van der Waals surface area contributed by atoms with E-state index in [0.717, 1.165) is 105 Å². The van der Waals surface area contributed by atoms with Gasteiger partial charge in [0.2, 0.25) is 6.71 Å². The Morgan fingerprint density at radius 3 is 1.17 bits per heavy atom. The highest BCUT2D eigenvalue weighted by molar-refractivity contribution is 8.00. The molecule has 14 aromatic carbocycles. The molecule has 0 saturated heterocycles. The molecule has 0 N–H and O–H groups in total. The fourth-order valence-electron chi connectivity index (χ4n) is 15.2. The Balaban J connectivity index is 0.951. The highest BCUT2D eigenvalue weighted by Crippen LogP contribution is 2.53. The number of nitrogens with zero attached hydrogens (tertiary/aromatic N) is 5. The minimum absolute atomic E-state index is 0.0102. The highest BCUT2D eigenvalue weighted by Gasteiger charge is 2.48. The fourth-order valence-corrected chi connectivity index (χ4v) is 16.4. The lowest BCUT2D eigenvalue weighted by Gasteiger charge is -2.46. The molecule has 4 aliphatic rings. The van der Waals surface area contributed by atoms with E-state index in [1.54, 1.807) is 9.13 Å². The van der Waals surface area contributed by atoms with Gasteiger partial charge in [0.05, 0.1) is 55.4 Å². The zero-order valence-electron chi connectivity index (χ0n) is 64.7. The summed E-state index contributed by atoms with van der Waals surface area (Å²) in [4.78, 5) is 8.34. The Labute approximate surface area is 560 Å². The molecule has 8 heteroatoms. The topological polar surface area (TPSA) is 19.6 Å². The Bertz CT molecular complexity index is 6510. The van der Waals surface area contributed by atoms with Gasteiger partial charge in [0.25, 0.3) is 6.71 Å². The molecular formula is C84H53B2N5S. The van der Waals surface area contributed by atoms with Crippen LogP contribution in [0.25, 0.3) is 77.2 Å². The van der Waals surface area contributed by atoms with Crippen LogP contribution in [0.15, 0.2) is 331 Å². The first-order valence-corrected chi connectivity index (χ1v) is 31.3. The largest absolute Gasteiger partial charge is 0.311 e. The van der Waals surface area contributed by atoms with Gasteiger partial charge in [0.1, 0.15) is 0 Å². The van der Waals surface area contributed by atoms with E-state index in [9.17, 15) is 13.7 Å². The minimum Gasteiger partial charge on any atom is -0.311 e. The molecule has 0 bridgehead atoms. The van der Waals surface area contributed by atoms with Gasteiger partial charge in [-0.25, -0.2) is 0 Å². The zero-order valence-corrected chi connectivity index (χ0v) is 49.5. The number of aromatic nitrogens is 2. The van der Waals surface area contributed by atoms with Crippen molar-refractivity contribution < 1.29 is 21.9 Å². The summed E-state index contributed by atoms with van der Waals surface area (Å²) in [6.07, 6.45) is 0. The molecule has 0 amide bonds. The summed E-state index contributed by atoms with van der Waals surface area (Å²) < 4.78 is 153. The van der Waals surface area contributed by atoms with E-state index in [1.807, 2.05) is 133 Å². The van der Waals surface area contributed by atoms with Gasteiger partial charge < -0.3 is 23.8 Å². The molecule has 2 aromatic heterocycles. The normalized spacial score (nSPS) is 15.7. The van der Waals surface area contributed by atoms with Crippen LogP contribution in [0.5, 0.6) is 0 Å². The second kappa shape index (κ2) is 20.0. The van der Waals surface area contributed by atoms with Crippen molar-refractivity contribution in [1.29, 1.82) is 0 Å². The fraction of sp³-hybridized carbons (Fsp3) is 0. The van der Waals surface area contributed by atoms with Gasteiger partial charge in [-0.2, -0.15) is 0 Å². The van der Waals surface area contributed by atoms with E-state index in [2.05, 4.69) is 106 Å². The first-order chi connectivity index (χ1) is 52.3. The number of anilines is 9. The summed E-state index contributed by atoms with van der Waals surface area (Å²) in [5.41, 5.74) is 16.8. The molecule has 20 rings (SSSR count). The van der Waals surface area contributed by atoms with Crippen molar-refractivity contribution >= 4 is 153 Å². The van der Waals surface area contributed by atoms with Crippen molar-refractivity contribution in [1.82, 2.24) is 9.13 Å². The van der Waals surface area contributed by atoms with E-state index < -0.39 is 110 Å². The summed E-state index contributed by atoms with van der Waals surface area (Å²) in [7, 11) is 0. The number of fused-ring (bicyclic) bond motifs is 14. The Morgan fingerprint density at radius 2 is 0.685 bits per heavy atom. The van der Waals surface area contributed by atoms with Crippen LogP contribution >= 0.6 is 11.8 Å². The van der Waals surface area contributed by atoms with E-state index >= 15 is 0 Å². The first kappa shape index (κ1) is 38.2. The number of rotatable bonds is 7. The summed E-state index contributed by atoms with van der Waals surface area (Å²) >= 11 is 1.52. The van der Waals surface area contributed by atoms with Crippen LogP contribution in [0.1, 0.15) is 21.9 Å². The number of benzene rings is 14. The molecule has 92 heavy (non-hydrogen) atoms. The molecule has 0 aliphatic carbocycles. The molecule has 0 atom stereocenters. The molecule has 426 valence electrons. The van der Waals surface area contributed by atoms with Crippen LogP contribution in [-0.4, -0.2) is 22.6 Å². The van der Waals surface area contributed by atoms with E-state index in [-0.39, 0.29) is 43.6 Å². The predicted molar refractivity (Wildman–Crippen MR) is 390 cm³/mol. The molecule has 6 heterocycles. The molecule has 16 aromatic rings. The van der Waals surface area contributed by atoms with Crippen LogP contribution in [0.3, 0.4) is 0 Å². The highest BCUT2D eigenvalue weighted by atomic mass is 32.2. The Hall–Kier alpha value is -11.4. The molecule has 0 fully saturated rings. The van der Waals surface area contributed by atoms with Crippen molar-refractivity contribution in [3.8, 4) is 33.6 Å². The predicted octanol–water partition coefficient (Wildman–Crippen LogP) is 18.1. The van der Waals surface area contributed by atoms with E-state index in [4.69, 9.17) is 8.22 Å². The molecule has 4 aliphatic heterocycles. The van der Waals surface area contributed by atoms with Crippen molar-refractivity contribution in [2.75, 3.05) is 14.7 Å². The van der Waals surface area contributed by atoms with Crippen LogP contribution in [0, 0.1) is 0 Å². The van der Waals surface area contributed by atoms with Gasteiger partial charge in [-0.1, -0.05) is 247 Å². The maximum atomic E-state index is 9.88. The maximum Gasteiger partial charge on any atom is 0.252 e. The van der Waals surface area contributed by atoms with Crippen molar-refractivity contribution in [3.05, 3.63) is 321 Å². The Morgan fingerprint density at radius 1 is 0.283 bits per heavy atom. The smallest absolute Gasteiger partial charge is 0.252 e. The minimum atomic E-state index is -0.559. The third-order valence-corrected chi connectivity index (χ3v) is 19.9. The second-order valence-electron chi connectivity index (χ2n) is 23.5. The standard InChI is InChI=1S/C84H53B2N5S/c1-5-26-54(27-6-1)60-38-25-39-61(55-28-7-2-8-29-55)84(60)91-76-53-80-69(86-67-41-18-24-47-75(67)88(57-32-11-4-12-33-57)79-50-59(51-81(92-80)83(79)86)90-72-44-21-15-36-64(72)65-37-16-22-45-73(65)90)52-68(76)85-66-40-17-23-46-74(66)87(56-30-9-3-10-31-56)77-48-58(49-78(91)82(77)85)89-70-42-19-13-34-62(70)63-35-14-20-43-71(63)89/h1-53H/i13D,14D,15D,16D,19D,20D,21D,22D,34D,35D,36D,37D,42D,43D,44D,45D. The Kier molecular flexibility index (Phi) is 8.31. The van der Waals surface area contributed by atoms with Crippen molar-refractivity contribution in [2.45, 2.75) is 9.79 Å². The third-order valence-electron chi connectivity index (χ3n) is 18.8. The molecule has 0 saturated carbocycles. The number of hydrogen-bond acceptors (Lipinski definition) is 4. The SMILES string of the molecule is [2H]c1c([2H])c([2H])c2c(c1[2H])c1c([2H])c([2H])c([2H])c([2H])c1n2-c1cc2c3c(c1)N(c1ccccc1)c1ccccc1B3c1cc3c(cc1S2)N(c1c(-c2ccccc2)cccc1-c1ccccc1)c1cc(-n2c4c([2H])c([2H])c([2H])c([2H])c4c4c([2H])c([2H])c([2H])c([2H])c42)cc2c1B3c1ccccc1N2c1ccccc1. The zero-order chi connectivity index (χ0) is 74.0. The van der Waals surface area contributed by atoms with Crippen LogP contribution < -0.4 is 47.5 Å². The van der Waals surface area contributed by atoms with Gasteiger partial charge in [-0.3, -0.25) is 0 Å². The summed E-state index contributed by atoms with van der Waals surface area (Å²) in [6.45, 7) is -1.05. The van der Waals surface area contributed by atoms with Gasteiger partial charge in [-0.15, -0.1) is 0 Å². The van der Waals surface area contributed by atoms with Crippen LogP contribution in [-0.2, 0) is 0 Å². The molecular weight excluding hydrogens is 1130 g/mol. The lowest BCUT2D eigenvalue weighted by atomic mass is 9.31. The summed E-state index contributed by atoms with van der Waals surface area (Å²) in [5, 5.41) is -0.192. The van der Waals surface area contributed by atoms with Gasteiger partial charge in [-0.05, 0) is 129 Å². The lowest BCUT2D eigenvalue weighted by molar-refractivity contribution is 1.15. The van der Waals surface area contributed by atoms with Crippen LogP contribution in [0.4, 0.5) is 51.2 Å². The molecule has 0 radical (unpaired) electrons. The van der Waals surface area contributed by atoms with E-state index in [0.29, 0.717) is 22.7 Å². The van der Waals surface area contributed by atoms with Gasteiger partial charge in [0.15, 0.2) is 0 Å². The number of hydrogen-bond donors (Lipinski definition) is 0. The lowest BCUT2D eigenvalue weighted by Crippen LogP contribution is -2.64. The maximum absolute atomic E-state index is 9.88. The molecule has 5 nitrogen and oxygen atoms in total. The van der Waals surface area contributed by atoms with Crippen molar-refractivity contribution in [2.24, 2.45) is 0 Å². The van der Waals surface area contributed by atoms with Gasteiger partial charge in [0, 0.05) is 93.6 Å². The van der Waals surface area contributed by atoms with E-state index in [1.165, 1.54) is 11.8 Å². The number of para-hydroxylation sites is 9. The van der Waals surface area contributed by atoms with Crippen LogP contribution in [0.2, 0.25) is 0 Å². The monoisotopic (exact) mass is 1200 g/mol.